The normalized spacial score (nSPS) is 12.1. The molecule has 0 saturated heterocycles. The van der Waals surface area contributed by atoms with Crippen LogP contribution in [0.3, 0.4) is 0 Å². The summed E-state index contributed by atoms with van der Waals surface area (Å²) in [5, 5.41) is 9.42. The van der Waals surface area contributed by atoms with Crippen molar-refractivity contribution in [2.45, 2.75) is 37.2 Å². The van der Waals surface area contributed by atoms with Gasteiger partial charge in [0.15, 0.2) is 5.16 Å². The quantitative estimate of drug-likeness (QED) is 0.801. The number of hydrogen-bond donors (Lipinski definition) is 2. The zero-order valence-electron chi connectivity index (χ0n) is 12.0. The highest BCUT2D eigenvalue weighted by Crippen LogP contribution is 2.21. The van der Waals surface area contributed by atoms with Gasteiger partial charge in [0.2, 0.25) is 5.91 Å². The number of carbonyl (C=O) groups is 1. The minimum atomic E-state index is -0.351. The highest BCUT2D eigenvalue weighted by molar-refractivity contribution is 8.00. The lowest BCUT2D eigenvalue weighted by Crippen LogP contribution is -2.24. The summed E-state index contributed by atoms with van der Waals surface area (Å²) in [4.78, 5) is 23.7. The van der Waals surface area contributed by atoms with Gasteiger partial charge in [0.1, 0.15) is 0 Å². The van der Waals surface area contributed by atoms with E-state index in [1.807, 2.05) is 37.3 Å². The molecule has 2 rings (SSSR count). The second-order valence-corrected chi connectivity index (χ2v) is 5.89. The van der Waals surface area contributed by atoms with E-state index < -0.39 is 0 Å². The number of amides is 1. The first-order chi connectivity index (χ1) is 10.1. The molecule has 2 N–H and O–H groups in total. The standard InChI is InChI=1S/C14H18N4O2S/c1-3-9-18-13(20)16-17-14(18)21-10(2)12(19)15-11-7-5-4-6-8-11/h4-8,10H,3,9H2,1-2H3,(H,15,19)(H,16,20)/t10-/m1/s1. The Morgan fingerprint density at radius 1 is 1.43 bits per heavy atom. The van der Waals surface area contributed by atoms with Crippen LogP contribution in [0.4, 0.5) is 5.69 Å². The summed E-state index contributed by atoms with van der Waals surface area (Å²) < 4.78 is 1.55. The molecule has 1 aromatic heterocycles. The maximum Gasteiger partial charge on any atom is 0.343 e. The number of nitrogens with one attached hydrogen (secondary N) is 2. The van der Waals surface area contributed by atoms with Crippen LogP contribution in [0, 0.1) is 0 Å². The number of rotatable bonds is 6. The highest BCUT2D eigenvalue weighted by Gasteiger charge is 2.18. The second-order valence-electron chi connectivity index (χ2n) is 4.58. The number of hydrogen-bond acceptors (Lipinski definition) is 4. The Morgan fingerprint density at radius 3 is 2.81 bits per heavy atom. The smallest absolute Gasteiger partial charge is 0.325 e. The molecule has 7 heteroatoms. The monoisotopic (exact) mass is 306 g/mol. The van der Waals surface area contributed by atoms with Crippen LogP contribution in [-0.2, 0) is 11.3 Å². The van der Waals surface area contributed by atoms with Crippen molar-refractivity contribution >= 4 is 23.4 Å². The molecule has 0 saturated carbocycles. The fourth-order valence-electron chi connectivity index (χ4n) is 1.79. The van der Waals surface area contributed by atoms with Crippen LogP contribution in [0.25, 0.3) is 0 Å². The summed E-state index contributed by atoms with van der Waals surface area (Å²) in [5.41, 5.74) is 0.512. The average Bonchev–Trinajstić information content (AvgIpc) is 2.82. The van der Waals surface area contributed by atoms with E-state index in [1.165, 1.54) is 11.8 Å². The molecule has 0 spiro atoms. The number of nitrogens with zero attached hydrogens (tertiary/aromatic N) is 2. The molecule has 21 heavy (non-hydrogen) atoms. The molecule has 0 bridgehead atoms. The molecule has 1 amide bonds. The van der Waals surface area contributed by atoms with Gasteiger partial charge in [-0.05, 0) is 25.5 Å². The third-order valence-corrected chi connectivity index (χ3v) is 3.95. The lowest BCUT2D eigenvalue weighted by Gasteiger charge is -2.11. The molecule has 0 fully saturated rings. The topological polar surface area (TPSA) is 79.8 Å². The van der Waals surface area contributed by atoms with Gasteiger partial charge in [-0.3, -0.25) is 9.36 Å². The number of para-hydroxylation sites is 1. The molecule has 0 aliphatic carbocycles. The van der Waals surface area contributed by atoms with Crippen LogP contribution in [0.15, 0.2) is 40.3 Å². The van der Waals surface area contributed by atoms with Gasteiger partial charge in [-0.2, -0.15) is 0 Å². The van der Waals surface area contributed by atoms with Crippen molar-refractivity contribution in [2.24, 2.45) is 0 Å². The first kappa shape index (κ1) is 15.4. The number of aromatic amines is 1. The van der Waals surface area contributed by atoms with Gasteiger partial charge in [0.25, 0.3) is 0 Å². The van der Waals surface area contributed by atoms with Gasteiger partial charge in [-0.15, -0.1) is 5.10 Å². The predicted molar refractivity (Wildman–Crippen MR) is 83.5 cm³/mol. The SMILES string of the molecule is CCCn1c(S[C@H](C)C(=O)Nc2ccccc2)n[nH]c1=O. The highest BCUT2D eigenvalue weighted by atomic mass is 32.2. The van der Waals surface area contributed by atoms with Crippen LogP contribution >= 0.6 is 11.8 Å². The Labute approximate surface area is 127 Å². The minimum Gasteiger partial charge on any atom is -0.325 e. The maximum atomic E-state index is 12.1. The van der Waals surface area contributed by atoms with Crippen LogP contribution in [0.5, 0.6) is 0 Å². The van der Waals surface area contributed by atoms with E-state index in [0.717, 1.165) is 12.1 Å². The molecule has 112 valence electrons. The molecule has 0 radical (unpaired) electrons. The molecule has 1 heterocycles. The first-order valence-corrected chi connectivity index (χ1v) is 7.67. The Kier molecular flexibility index (Phi) is 5.21. The number of aromatic nitrogens is 3. The summed E-state index contributed by atoms with van der Waals surface area (Å²) >= 11 is 1.27. The molecular weight excluding hydrogens is 288 g/mol. The van der Waals surface area contributed by atoms with Gasteiger partial charge in [-0.1, -0.05) is 36.9 Å². The zero-order chi connectivity index (χ0) is 15.2. The number of carbonyl (C=O) groups excluding carboxylic acids is 1. The molecular formula is C14H18N4O2S. The molecule has 2 aromatic rings. The van der Waals surface area contributed by atoms with Crippen molar-refractivity contribution in [2.75, 3.05) is 5.32 Å². The Morgan fingerprint density at radius 2 is 2.14 bits per heavy atom. The predicted octanol–water partition coefficient (Wildman–Crippen LogP) is 2.10. The molecule has 6 nitrogen and oxygen atoms in total. The largest absolute Gasteiger partial charge is 0.343 e. The molecule has 0 aliphatic rings. The lowest BCUT2D eigenvalue weighted by atomic mass is 10.3. The van der Waals surface area contributed by atoms with Crippen LogP contribution in [-0.4, -0.2) is 25.9 Å². The first-order valence-electron chi connectivity index (χ1n) is 6.79. The van der Waals surface area contributed by atoms with E-state index in [9.17, 15) is 9.59 Å². The number of anilines is 1. The van der Waals surface area contributed by atoms with Crippen molar-refractivity contribution < 1.29 is 4.79 Å². The summed E-state index contributed by atoms with van der Waals surface area (Å²) in [6.45, 7) is 4.36. The second kappa shape index (κ2) is 7.12. The minimum absolute atomic E-state index is 0.121. The summed E-state index contributed by atoms with van der Waals surface area (Å²) in [7, 11) is 0. The molecule has 0 unspecified atom stereocenters. The molecule has 1 aromatic carbocycles. The van der Waals surface area contributed by atoms with Crippen molar-refractivity contribution in [3.63, 3.8) is 0 Å². The number of H-pyrrole nitrogens is 1. The van der Waals surface area contributed by atoms with Crippen LogP contribution < -0.4 is 11.0 Å². The van der Waals surface area contributed by atoms with Gasteiger partial charge >= 0.3 is 5.69 Å². The van der Waals surface area contributed by atoms with E-state index in [4.69, 9.17) is 0 Å². The van der Waals surface area contributed by atoms with Gasteiger partial charge in [0, 0.05) is 12.2 Å². The third kappa shape index (κ3) is 3.98. The average molecular weight is 306 g/mol. The Hall–Kier alpha value is -2.02. The summed E-state index contributed by atoms with van der Waals surface area (Å²) in [5.74, 6) is -0.121. The fraction of sp³-hybridized carbons (Fsp3) is 0.357. The Bertz CT molecular complexity index is 650. The lowest BCUT2D eigenvalue weighted by molar-refractivity contribution is -0.115. The molecule has 0 aliphatic heterocycles. The van der Waals surface area contributed by atoms with E-state index in [2.05, 4.69) is 15.5 Å². The van der Waals surface area contributed by atoms with E-state index in [-0.39, 0.29) is 16.8 Å². The zero-order valence-corrected chi connectivity index (χ0v) is 12.8. The third-order valence-electron chi connectivity index (χ3n) is 2.86. The molecule has 1 atom stereocenters. The maximum absolute atomic E-state index is 12.1. The van der Waals surface area contributed by atoms with E-state index in [0.29, 0.717) is 11.7 Å². The van der Waals surface area contributed by atoms with Gasteiger partial charge < -0.3 is 5.32 Å². The van der Waals surface area contributed by atoms with Crippen LogP contribution in [0.2, 0.25) is 0 Å². The van der Waals surface area contributed by atoms with E-state index in [1.54, 1.807) is 11.5 Å². The fourth-order valence-corrected chi connectivity index (χ4v) is 2.67. The van der Waals surface area contributed by atoms with Gasteiger partial charge in [-0.25, -0.2) is 9.89 Å². The van der Waals surface area contributed by atoms with Crippen molar-refractivity contribution in [1.82, 2.24) is 14.8 Å². The Balaban J connectivity index is 2.02. The van der Waals surface area contributed by atoms with Crippen molar-refractivity contribution in [1.29, 1.82) is 0 Å². The van der Waals surface area contributed by atoms with Crippen molar-refractivity contribution in [3.8, 4) is 0 Å². The number of thioether (sulfide) groups is 1. The van der Waals surface area contributed by atoms with E-state index >= 15 is 0 Å². The number of benzene rings is 1. The van der Waals surface area contributed by atoms with Gasteiger partial charge in [0.05, 0.1) is 5.25 Å². The summed E-state index contributed by atoms with van der Waals surface area (Å²) in [6, 6.07) is 9.27. The van der Waals surface area contributed by atoms with Crippen molar-refractivity contribution in [3.05, 3.63) is 40.8 Å². The summed E-state index contributed by atoms with van der Waals surface area (Å²) in [6.07, 6.45) is 0.831. The van der Waals surface area contributed by atoms with Crippen LogP contribution in [0.1, 0.15) is 20.3 Å².